The van der Waals surface area contributed by atoms with Crippen LogP contribution in [0.25, 0.3) is 0 Å². The van der Waals surface area contributed by atoms with Gasteiger partial charge in [0.05, 0.1) is 18.1 Å². The Labute approximate surface area is 178 Å². The van der Waals surface area contributed by atoms with E-state index in [4.69, 9.17) is 9.15 Å². The van der Waals surface area contributed by atoms with E-state index in [1.54, 1.807) is 27.7 Å². The van der Waals surface area contributed by atoms with Gasteiger partial charge in [-0.15, -0.1) is 0 Å². The number of allylic oxidation sites excluding steroid dienone is 6. The first-order valence-electron chi connectivity index (χ1n) is 10.3. The molecule has 0 amide bonds. The zero-order valence-corrected chi connectivity index (χ0v) is 19.5. The maximum Gasteiger partial charge on any atom is 0.291 e. The highest BCUT2D eigenvalue weighted by Gasteiger charge is 2.41. The highest BCUT2D eigenvalue weighted by molar-refractivity contribution is 6.10. The maximum absolute atomic E-state index is 12.9. The summed E-state index contributed by atoms with van der Waals surface area (Å²) < 4.78 is 11.4. The molecule has 0 bridgehead atoms. The molecular formula is C25H32O5. The number of Topliss-reactive ketones (excluding diaryl/α,β-unsaturated/α-hetero) is 2. The van der Waals surface area contributed by atoms with Gasteiger partial charge in [-0.1, -0.05) is 26.0 Å². The van der Waals surface area contributed by atoms with Crippen molar-refractivity contribution in [3.63, 3.8) is 0 Å². The summed E-state index contributed by atoms with van der Waals surface area (Å²) >= 11 is 0. The van der Waals surface area contributed by atoms with E-state index in [0.29, 0.717) is 34.5 Å². The lowest BCUT2D eigenvalue weighted by atomic mass is 9.67. The van der Waals surface area contributed by atoms with Crippen LogP contribution in [0, 0.1) is 19.8 Å². The van der Waals surface area contributed by atoms with Crippen molar-refractivity contribution in [2.75, 3.05) is 7.11 Å². The van der Waals surface area contributed by atoms with Gasteiger partial charge in [0, 0.05) is 23.5 Å². The second-order valence-electron chi connectivity index (χ2n) is 8.32. The van der Waals surface area contributed by atoms with Crippen LogP contribution in [-0.4, -0.2) is 18.7 Å². The molecule has 0 fully saturated rings. The summed E-state index contributed by atoms with van der Waals surface area (Å²) in [5.74, 6) is 0.408. The van der Waals surface area contributed by atoms with Crippen LogP contribution in [0.4, 0.5) is 0 Å². The Bertz CT molecular complexity index is 1050. The quantitative estimate of drug-likeness (QED) is 0.662. The van der Waals surface area contributed by atoms with Crippen LogP contribution in [0.3, 0.4) is 0 Å². The third-order valence-electron chi connectivity index (χ3n) is 6.03. The van der Waals surface area contributed by atoms with Crippen molar-refractivity contribution in [1.82, 2.24) is 0 Å². The molecule has 5 heteroatoms. The summed E-state index contributed by atoms with van der Waals surface area (Å²) in [5, 5.41) is 0. The fourth-order valence-corrected chi connectivity index (χ4v) is 4.54. The van der Waals surface area contributed by atoms with Crippen LogP contribution < -0.4 is 10.2 Å². The van der Waals surface area contributed by atoms with Gasteiger partial charge in [0.1, 0.15) is 11.5 Å². The summed E-state index contributed by atoms with van der Waals surface area (Å²) in [4.78, 5) is 37.9. The van der Waals surface area contributed by atoms with Crippen LogP contribution in [0.1, 0.15) is 64.9 Å². The van der Waals surface area contributed by atoms with Crippen molar-refractivity contribution in [1.29, 1.82) is 0 Å². The number of ketones is 2. The van der Waals surface area contributed by atoms with E-state index >= 15 is 0 Å². The molecule has 0 saturated carbocycles. The van der Waals surface area contributed by atoms with E-state index in [0.717, 1.165) is 11.1 Å². The van der Waals surface area contributed by atoms with Crippen molar-refractivity contribution in [2.45, 2.75) is 67.2 Å². The van der Waals surface area contributed by atoms with Gasteiger partial charge in [0.2, 0.25) is 0 Å². The Hall–Kier alpha value is -2.69. The Balaban J connectivity index is 2.86. The molecule has 1 heterocycles. The largest absolute Gasteiger partial charge is 0.468 e. The molecule has 30 heavy (non-hydrogen) atoms. The van der Waals surface area contributed by atoms with E-state index in [9.17, 15) is 14.4 Å². The van der Waals surface area contributed by atoms with Gasteiger partial charge in [-0.25, -0.2) is 0 Å². The predicted molar refractivity (Wildman–Crippen MR) is 118 cm³/mol. The van der Waals surface area contributed by atoms with Gasteiger partial charge in [-0.3, -0.25) is 14.4 Å². The monoisotopic (exact) mass is 412 g/mol. The Kier molecular flexibility index (Phi) is 6.75. The lowest BCUT2D eigenvalue weighted by Crippen LogP contribution is -2.33. The SMILES string of the molecule is CCC(=O)C(C)/C=C(\C)C1=C(C)C(=O)C(C)=CC1(C)c1oc(OC)c(C)c(=O)c1C. The number of methoxy groups -OCH3 is 1. The molecule has 0 spiro atoms. The molecular weight excluding hydrogens is 380 g/mol. The van der Waals surface area contributed by atoms with Crippen molar-refractivity contribution in [3.05, 3.63) is 61.6 Å². The molecule has 2 rings (SSSR count). The minimum atomic E-state index is -0.859. The Morgan fingerprint density at radius 2 is 1.80 bits per heavy atom. The fourth-order valence-electron chi connectivity index (χ4n) is 4.54. The average molecular weight is 413 g/mol. The van der Waals surface area contributed by atoms with Crippen molar-refractivity contribution in [2.24, 2.45) is 5.92 Å². The van der Waals surface area contributed by atoms with Crippen LogP contribution in [0.2, 0.25) is 0 Å². The summed E-state index contributed by atoms with van der Waals surface area (Å²) in [6.07, 6.45) is 4.19. The zero-order chi connectivity index (χ0) is 23.0. The molecule has 2 atom stereocenters. The molecule has 1 aromatic heterocycles. The van der Waals surface area contributed by atoms with Gasteiger partial charge in [-0.05, 0) is 58.3 Å². The first-order valence-corrected chi connectivity index (χ1v) is 10.3. The first kappa shape index (κ1) is 23.6. The van der Waals surface area contributed by atoms with Crippen LogP contribution in [0.5, 0.6) is 5.95 Å². The highest BCUT2D eigenvalue weighted by atomic mass is 16.6. The van der Waals surface area contributed by atoms with Gasteiger partial charge in [0.25, 0.3) is 5.95 Å². The van der Waals surface area contributed by atoms with E-state index in [1.165, 1.54) is 7.11 Å². The number of hydrogen-bond donors (Lipinski definition) is 0. The second kappa shape index (κ2) is 8.58. The van der Waals surface area contributed by atoms with Crippen LogP contribution in [-0.2, 0) is 15.0 Å². The zero-order valence-electron chi connectivity index (χ0n) is 19.5. The molecule has 0 saturated heterocycles. The molecule has 0 aromatic carbocycles. The number of carbonyl (C=O) groups excluding carboxylic acids is 2. The van der Waals surface area contributed by atoms with Crippen molar-refractivity contribution < 1.29 is 18.7 Å². The van der Waals surface area contributed by atoms with Crippen LogP contribution in [0.15, 0.2) is 43.7 Å². The van der Waals surface area contributed by atoms with Crippen molar-refractivity contribution in [3.8, 4) is 5.95 Å². The highest BCUT2D eigenvalue weighted by Crippen LogP contribution is 2.45. The average Bonchev–Trinajstić information content (AvgIpc) is 2.69. The number of carbonyl (C=O) groups is 2. The lowest BCUT2D eigenvalue weighted by Gasteiger charge is -2.35. The standard InChI is InChI=1S/C25H32O5/c1-10-19(26)13(2)11-14(3)20-16(5)21(27)15(4)12-25(20,8)23-17(6)22(28)18(7)24(29-9)30-23/h11-13H,10H2,1-9H3/b14-11+. The smallest absolute Gasteiger partial charge is 0.291 e. The maximum atomic E-state index is 12.9. The molecule has 0 N–H and O–H groups in total. The fraction of sp³-hybridized carbons (Fsp3) is 0.480. The number of hydrogen-bond acceptors (Lipinski definition) is 5. The number of ether oxygens (including phenoxy) is 1. The topological polar surface area (TPSA) is 73.6 Å². The molecule has 1 aliphatic rings. The van der Waals surface area contributed by atoms with E-state index in [2.05, 4.69) is 0 Å². The molecule has 0 aliphatic heterocycles. The second-order valence-corrected chi connectivity index (χ2v) is 8.32. The van der Waals surface area contributed by atoms with E-state index in [1.807, 2.05) is 39.8 Å². The third-order valence-corrected chi connectivity index (χ3v) is 6.03. The van der Waals surface area contributed by atoms with Gasteiger partial charge in [0.15, 0.2) is 11.2 Å². The summed E-state index contributed by atoms with van der Waals surface area (Å²) in [5.41, 5.74) is 2.63. The predicted octanol–water partition coefficient (Wildman–Crippen LogP) is 4.93. The van der Waals surface area contributed by atoms with Crippen LogP contribution >= 0.6 is 0 Å². The molecule has 1 aliphatic carbocycles. The van der Waals surface area contributed by atoms with Gasteiger partial charge < -0.3 is 9.15 Å². The first-order chi connectivity index (χ1) is 13.9. The molecule has 2 unspecified atom stereocenters. The van der Waals surface area contributed by atoms with Gasteiger partial charge >= 0.3 is 0 Å². The third kappa shape index (κ3) is 3.85. The Morgan fingerprint density at radius 1 is 1.20 bits per heavy atom. The normalized spacial score (nSPS) is 20.9. The minimum Gasteiger partial charge on any atom is -0.468 e. The molecule has 1 aromatic rings. The van der Waals surface area contributed by atoms with Gasteiger partial charge in [-0.2, -0.15) is 0 Å². The van der Waals surface area contributed by atoms with Crippen molar-refractivity contribution >= 4 is 11.6 Å². The molecule has 0 radical (unpaired) electrons. The summed E-state index contributed by atoms with van der Waals surface area (Å²) in [6.45, 7) is 14.5. The minimum absolute atomic E-state index is 0.0521. The molecule has 162 valence electrons. The van der Waals surface area contributed by atoms with E-state index in [-0.39, 0.29) is 28.9 Å². The summed E-state index contributed by atoms with van der Waals surface area (Å²) in [7, 11) is 1.46. The lowest BCUT2D eigenvalue weighted by molar-refractivity contribution is -0.120. The van der Waals surface area contributed by atoms with E-state index < -0.39 is 5.41 Å². The number of rotatable bonds is 6. The molecule has 5 nitrogen and oxygen atoms in total. The summed E-state index contributed by atoms with van der Waals surface area (Å²) in [6, 6.07) is 0. The Morgan fingerprint density at radius 3 is 2.33 bits per heavy atom.